The number of nitrogens with two attached hydrogens (primary N) is 1. The fourth-order valence-electron chi connectivity index (χ4n) is 4.14. The van der Waals surface area contributed by atoms with Gasteiger partial charge in [0.1, 0.15) is 12.1 Å². The van der Waals surface area contributed by atoms with Crippen LogP contribution < -0.4 is 5.73 Å². The van der Waals surface area contributed by atoms with Gasteiger partial charge in [0.2, 0.25) is 5.91 Å². The Morgan fingerprint density at radius 2 is 1.91 bits per heavy atom. The lowest BCUT2D eigenvalue weighted by molar-refractivity contribution is -0.141. The number of piperidine rings is 1. The molecule has 7 nitrogen and oxygen atoms in total. The van der Waals surface area contributed by atoms with Crippen LogP contribution in [0.2, 0.25) is 0 Å². The van der Waals surface area contributed by atoms with Crippen molar-refractivity contribution in [3.63, 3.8) is 0 Å². The summed E-state index contributed by atoms with van der Waals surface area (Å²) in [4.78, 5) is 42.2. The molecule has 3 aliphatic rings. The summed E-state index contributed by atoms with van der Waals surface area (Å²) in [6.07, 6.45) is 6.19. The van der Waals surface area contributed by atoms with E-state index in [0.29, 0.717) is 25.9 Å². The van der Waals surface area contributed by atoms with E-state index in [0.717, 1.165) is 37.0 Å². The minimum absolute atomic E-state index is 0.00922. The summed E-state index contributed by atoms with van der Waals surface area (Å²) in [5, 5.41) is 0. The molecule has 1 spiro atoms. The van der Waals surface area contributed by atoms with E-state index in [1.807, 2.05) is 0 Å². The van der Waals surface area contributed by atoms with E-state index in [1.54, 1.807) is 16.8 Å². The van der Waals surface area contributed by atoms with Crippen LogP contribution in [0.5, 0.6) is 0 Å². The number of likely N-dealkylation sites (tertiary alicyclic amines) is 1. The van der Waals surface area contributed by atoms with E-state index in [4.69, 9.17) is 5.73 Å². The summed E-state index contributed by atoms with van der Waals surface area (Å²) >= 11 is 0. The average molecular weight is 322 g/mol. The van der Waals surface area contributed by atoms with Gasteiger partial charge >= 0.3 is 6.03 Å². The quantitative estimate of drug-likeness (QED) is 0.752. The third kappa shape index (κ3) is 2.71. The van der Waals surface area contributed by atoms with Gasteiger partial charge in [-0.1, -0.05) is 19.3 Å². The minimum Gasteiger partial charge on any atom is -0.340 e. The molecule has 2 N–H and O–H groups in total. The Hall–Kier alpha value is -1.63. The predicted molar refractivity (Wildman–Crippen MR) is 84.5 cm³/mol. The van der Waals surface area contributed by atoms with Crippen LogP contribution >= 0.6 is 0 Å². The van der Waals surface area contributed by atoms with E-state index in [1.165, 1.54) is 0 Å². The topological polar surface area (TPSA) is 87.0 Å². The van der Waals surface area contributed by atoms with Crippen molar-refractivity contribution in [1.82, 2.24) is 14.7 Å². The van der Waals surface area contributed by atoms with Crippen LogP contribution in [0.4, 0.5) is 4.79 Å². The van der Waals surface area contributed by atoms with Gasteiger partial charge in [-0.25, -0.2) is 4.79 Å². The Balaban J connectivity index is 1.71. The molecule has 0 radical (unpaired) electrons. The molecule has 3 fully saturated rings. The summed E-state index contributed by atoms with van der Waals surface area (Å²) in [6.45, 7) is 1.01. The van der Waals surface area contributed by atoms with Crippen molar-refractivity contribution in [2.24, 2.45) is 5.73 Å². The van der Waals surface area contributed by atoms with Crippen molar-refractivity contribution >= 4 is 17.8 Å². The van der Waals surface area contributed by atoms with Crippen LogP contribution in [0.15, 0.2) is 0 Å². The number of amides is 4. The summed E-state index contributed by atoms with van der Waals surface area (Å²) in [7, 11) is 1.69. The molecule has 2 saturated heterocycles. The molecular weight excluding hydrogens is 296 g/mol. The molecule has 1 unspecified atom stereocenters. The summed E-state index contributed by atoms with van der Waals surface area (Å²) in [5.74, 6) is -0.373. The van der Waals surface area contributed by atoms with Crippen LogP contribution in [0, 0.1) is 0 Å². The Morgan fingerprint density at radius 1 is 1.22 bits per heavy atom. The maximum absolute atomic E-state index is 12.9. The first-order valence-electron chi connectivity index (χ1n) is 8.59. The first-order valence-corrected chi connectivity index (χ1v) is 8.59. The third-order valence-electron chi connectivity index (χ3n) is 5.59. The number of rotatable bonds is 2. The van der Waals surface area contributed by atoms with Gasteiger partial charge in [-0.15, -0.1) is 0 Å². The maximum atomic E-state index is 12.9. The number of hydrogen-bond acceptors (Lipinski definition) is 4. The number of hydrogen-bond donors (Lipinski definition) is 1. The molecule has 2 aliphatic heterocycles. The normalized spacial score (nSPS) is 27.9. The Labute approximate surface area is 136 Å². The molecule has 23 heavy (non-hydrogen) atoms. The van der Waals surface area contributed by atoms with Crippen LogP contribution in [-0.4, -0.2) is 70.8 Å². The number of likely N-dealkylation sites (N-methyl/N-ethyl adjacent to an activating group) is 1. The van der Waals surface area contributed by atoms with E-state index < -0.39 is 5.54 Å². The number of imide groups is 1. The van der Waals surface area contributed by atoms with Crippen molar-refractivity contribution in [1.29, 1.82) is 0 Å². The molecule has 4 amide bonds. The molecule has 1 aliphatic carbocycles. The van der Waals surface area contributed by atoms with Crippen molar-refractivity contribution < 1.29 is 14.4 Å². The molecular formula is C16H26N4O3. The SMILES string of the molecule is CN1C(=O)N(CC(=O)N2CCCC(N)C2)C(=O)C12CCCCC2. The molecule has 0 aromatic rings. The number of nitrogens with zero attached hydrogens (tertiary/aromatic N) is 3. The Morgan fingerprint density at radius 3 is 2.57 bits per heavy atom. The summed E-state index contributed by atoms with van der Waals surface area (Å²) in [5.41, 5.74) is 5.20. The zero-order valence-corrected chi connectivity index (χ0v) is 13.8. The monoisotopic (exact) mass is 322 g/mol. The Kier molecular flexibility index (Phi) is 4.31. The van der Waals surface area contributed by atoms with E-state index in [2.05, 4.69) is 0 Å². The first-order chi connectivity index (χ1) is 11.0. The molecule has 128 valence electrons. The van der Waals surface area contributed by atoms with Crippen molar-refractivity contribution in [3.05, 3.63) is 0 Å². The number of carbonyl (C=O) groups excluding carboxylic acids is 3. The lowest BCUT2D eigenvalue weighted by Gasteiger charge is -2.36. The molecule has 3 rings (SSSR count). The summed E-state index contributed by atoms with van der Waals surface area (Å²) < 4.78 is 0. The van der Waals surface area contributed by atoms with Gasteiger partial charge in [0, 0.05) is 26.2 Å². The average Bonchev–Trinajstić information content (AvgIpc) is 2.72. The van der Waals surface area contributed by atoms with Gasteiger partial charge in [-0.3, -0.25) is 14.5 Å². The zero-order valence-electron chi connectivity index (χ0n) is 13.8. The lowest BCUT2D eigenvalue weighted by atomic mass is 9.81. The zero-order chi connectivity index (χ0) is 16.6. The maximum Gasteiger partial charge on any atom is 0.327 e. The van der Waals surface area contributed by atoms with Gasteiger partial charge in [0.15, 0.2) is 0 Å². The van der Waals surface area contributed by atoms with Gasteiger partial charge in [0.25, 0.3) is 5.91 Å². The molecule has 1 atom stereocenters. The largest absolute Gasteiger partial charge is 0.340 e. The second-order valence-electron chi connectivity index (χ2n) is 7.07. The fraction of sp³-hybridized carbons (Fsp3) is 0.812. The molecule has 2 heterocycles. The van der Waals surface area contributed by atoms with Gasteiger partial charge in [0.05, 0.1) is 0 Å². The second-order valence-corrected chi connectivity index (χ2v) is 7.07. The molecule has 7 heteroatoms. The number of urea groups is 1. The van der Waals surface area contributed by atoms with Gasteiger partial charge < -0.3 is 15.5 Å². The smallest absolute Gasteiger partial charge is 0.327 e. The standard InChI is InChI=1S/C16H26N4O3/c1-18-15(23)20(14(22)16(18)7-3-2-4-8-16)11-13(21)19-9-5-6-12(17)10-19/h12H,2-11,17H2,1H3. The minimum atomic E-state index is -0.714. The van der Waals surface area contributed by atoms with Crippen LogP contribution in [0.1, 0.15) is 44.9 Å². The van der Waals surface area contributed by atoms with Crippen molar-refractivity contribution in [3.8, 4) is 0 Å². The van der Waals surface area contributed by atoms with Crippen molar-refractivity contribution in [2.75, 3.05) is 26.7 Å². The van der Waals surface area contributed by atoms with E-state index >= 15 is 0 Å². The predicted octanol–water partition coefficient (Wildman–Crippen LogP) is 0.533. The highest BCUT2D eigenvalue weighted by molar-refractivity contribution is 6.08. The highest BCUT2D eigenvalue weighted by Gasteiger charge is 2.56. The van der Waals surface area contributed by atoms with Crippen LogP contribution in [0.25, 0.3) is 0 Å². The highest BCUT2D eigenvalue weighted by atomic mass is 16.2. The Bertz CT molecular complexity index is 515. The van der Waals surface area contributed by atoms with Crippen LogP contribution in [0.3, 0.4) is 0 Å². The van der Waals surface area contributed by atoms with E-state index in [-0.39, 0.29) is 30.4 Å². The number of carbonyl (C=O) groups is 3. The fourth-order valence-corrected chi connectivity index (χ4v) is 4.14. The van der Waals surface area contributed by atoms with Gasteiger partial charge in [-0.2, -0.15) is 0 Å². The molecule has 1 saturated carbocycles. The molecule has 0 bridgehead atoms. The lowest BCUT2D eigenvalue weighted by Crippen LogP contribution is -2.51. The van der Waals surface area contributed by atoms with Gasteiger partial charge in [-0.05, 0) is 25.7 Å². The molecule has 0 aromatic carbocycles. The van der Waals surface area contributed by atoms with Crippen molar-refractivity contribution in [2.45, 2.75) is 56.5 Å². The van der Waals surface area contributed by atoms with E-state index in [9.17, 15) is 14.4 Å². The van der Waals surface area contributed by atoms with Crippen LogP contribution in [-0.2, 0) is 9.59 Å². The highest BCUT2D eigenvalue weighted by Crippen LogP contribution is 2.39. The molecule has 0 aromatic heterocycles. The second kappa shape index (κ2) is 6.11. The first kappa shape index (κ1) is 16.2. The summed E-state index contributed by atoms with van der Waals surface area (Å²) in [6, 6.07) is -0.350. The third-order valence-corrected chi connectivity index (χ3v) is 5.59.